The van der Waals surface area contributed by atoms with E-state index in [4.69, 9.17) is 0 Å². The Balaban J connectivity index is 1.55. The van der Waals surface area contributed by atoms with E-state index in [0.29, 0.717) is 11.4 Å². The van der Waals surface area contributed by atoms with E-state index < -0.39 is 10.0 Å². The first kappa shape index (κ1) is 19.0. The highest BCUT2D eigenvalue weighted by atomic mass is 32.2. The Kier molecular flexibility index (Phi) is 6.09. The van der Waals surface area contributed by atoms with Gasteiger partial charge in [-0.05, 0) is 37.2 Å². The molecule has 0 atom stereocenters. The molecule has 1 aliphatic rings. The molecule has 0 unspecified atom stereocenters. The monoisotopic (exact) mass is 373 g/mol. The van der Waals surface area contributed by atoms with Crippen LogP contribution in [-0.2, 0) is 23.1 Å². The summed E-state index contributed by atoms with van der Waals surface area (Å²) in [5.74, 6) is 0. The van der Waals surface area contributed by atoms with Crippen LogP contribution >= 0.6 is 0 Å². The van der Waals surface area contributed by atoms with E-state index in [2.05, 4.69) is 33.7 Å². The molecular weight excluding hydrogens is 346 g/mol. The Morgan fingerprint density at radius 2 is 1.46 bits per heavy atom. The molecule has 0 aromatic heterocycles. The van der Waals surface area contributed by atoms with Crippen LogP contribution in [0.4, 0.5) is 0 Å². The SMILES string of the molecule is Cc1ccc(S(=O)(=O)NCc2ccc(CN3CCN(C)CC3)cc2)cc1. The molecule has 0 spiro atoms. The third-order valence-electron chi connectivity index (χ3n) is 4.82. The van der Waals surface area contributed by atoms with Crippen LogP contribution in [0.2, 0.25) is 0 Å². The molecule has 1 aliphatic heterocycles. The van der Waals surface area contributed by atoms with Crippen LogP contribution in [0.5, 0.6) is 0 Å². The lowest BCUT2D eigenvalue weighted by Crippen LogP contribution is -2.43. The number of aryl methyl sites for hydroxylation is 1. The number of hydrogen-bond donors (Lipinski definition) is 1. The van der Waals surface area contributed by atoms with Gasteiger partial charge < -0.3 is 4.90 Å². The maximum Gasteiger partial charge on any atom is 0.240 e. The zero-order chi connectivity index (χ0) is 18.6. The molecule has 140 valence electrons. The molecule has 6 heteroatoms. The van der Waals surface area contributed by atoms with Crippen LogP contribution in [0, 0.1) is 6.92 Å². The molecule has 1 heterocycles. The number of sulfonamides is 1. The second-order valence-corrected chi connectivity index (χ2v) is 8.80. The maximum atomic E-state index is 12.4. The largest absolute Gasteiger partial charge is 0.304 e. The molecule has 0 saturated carbocycles. The number of benzene rings is 2. The lowest BCUT2D eigenvalue weighted by Gasteiger charge is -2.32. The van der Waals surface area contributed by atoms with Crippen LogP contribution in [0.1, 0.15) is 16.7 Å². The van der Waals surface area contributed by atoms with E-state index in [9.17, 15) is 8.42 Å². The van der Waals surface area contributed by atoms with E-state index in [1.807, 2.05) is 31.2 Å². The number of nitrogens with one attached hydrogen (secondary N) is 1. The van der Waals surface area contributed by atoms with Crippen LogP contribution in [0.3, 0.4) is 0 Å². The molecule has 1 N–H and O–H groups in total. The van der Waals surface area contributed by atoms with Gasteiger partial charge in [0.05, 0.1) is 4.90 Å². The summed E-state index contributed by atoms with van der Waals surface area (Å²) in [4.78, 5) is 5.10. The quantitative estimate of drug-likeness (QED) is 0.844. The van der Waals surface area contributed by atoms with Gasteiger partial charge in [0, 0.05) is 39.3 Å². The molecule has 1 fully saturated rings. The molecule has 5 nitrogen and oxygen atoms in total. The van der Waals surface area contributed by atoms with Gasteiger partial charge in [0.2, 0.25) is 10.0 Å². The third kappa shape index (κ3) is 5.14. The van der Waals surface area contributed by atoms with Gasteiger partial charge in [-0.3, -0.25) is 4.90 Å². The molecule has 0 bridgehead atoms. The van der Waals surface area contributed by atoms with Crippen molar-refractivity contribution in [2.75, 3.05) is 33.2 Å². The number of rotatable bonds is 6. The molecule has 0 radical (unpaired) electrons. The van der Waals surface area contributed by atoms with Gasteiger partial charge in [-0.2, -0.15) is 0 Å². The highest BCUT2D eigenvalue weighted by Gasteiger charge is 2.15. The van der Waals surface area contributed by atoms with Crippen molar-refractivity contribution in [2.45, 2.75) is 24.9 Å². The van der Waals surface area contributed by atoms with Crippen molar-refractivity contribution in [3.05, 3.63) is 65.2 Å². The molecule has 2 aromatic carbocycles. The van der Waals surface area contributed by atoms with E-state index in [1.54, 1.807) is 12.1 Å². The zero-order valence-electron chi connectivity index (χ0n) is 15.5. The van der Waals surface area contributed by atoms with Crippen molar-refractivity contribution >= 4 is 10.0 Å². The molecule has 3 rings (SSSR count). The van der Waals surface area contributed by atoms with Crippen molar-refractivity contribution in [3.8, 4) is 0 Å². The summed E-state index contributed by atoms with van der Waals surface area (Å²) in [6, 6.07) is 15.1. The van der Waals surface area contributed by atoms with Gasteiger partial charge in [0.25, 0.3) is 0 Å². The summed E-state index contributed by atoms with van der Waals surface area (Å²) in [5, 5.41) is 0. The van der Waals surface area contributed by atoms with Gasteiger partial charge in [-0.15, -0.1) is 0 Å². The minimum absolute atomic E-state index is 0.297. The highest BCUT2D eigenvalue weighted by molar-refractivity contribution is 7.89. The summed E-state index contributed by atoms with van der Waals surface area (Å²) in [5.41, 5.74) is 3.27. The van der Waals surface area contributed by atoms with Crippen molar-refractivity contribution in [3.63, 3.8) is 0 Å². The fraction of sp³-hybridized carbons (Fsp3) is 0.400. The Bertz CT molecular complexity index is 809. The fourth-order valence-corrected chi connectivity index (χ4v) is 4.02. The number of piperazine rings is 1. The van der Waals surface area contributed by atoms with Crippen molar-refractivity contribution in [2.24, 2.45) is 0 Å². The minimum atomic E-state index is -3.48. The van der Waals surface area contributed by atoms with Crippen LogP contribution < -0.4 is 4.72 Å². The highest BCUT2D eigenvalue weighted by Crippen LogP contribution is 2.12. The van der Waals surface area contributed by atoms with Crippen LogP contribution in [-0.4, -0.2) is 51.4 Å². The van der Waals surface area contributed by atoms with E-state index in [-0.39, 0.29) is 0 Å². The molecule has 26 heavy (non-hydrogen) atoms. The smallest absolute Gasteiger partial charge is 0.240 e. The van der Waals surface area contributed by atoms with Gasteiger partial charge >= 0.3 is 0 Å². The van der Waals surface area contributed by atoms with Crippen molar-refractivity contribution in [1.82, 2.24) is 14.5 Å². The molecular formula is C20H27N3O2S. The minimum Gasteiger partial charge on any atom is -0.304 e. The summed E-state index contributed by atoms with van der Waals surface area (Å²) >= 11 is 0. The topological polar surface area (TPSA) is 52.7 Å². The lowest BCUT2D eigenvalue weighted by atomic mass is 10.1. The first-order valence-corrected chi connectivity index (χ1v) is 10.5. The zero-order valence-corrected chi connectivity index (χ0v) is 16.3. The summed E-state index contributed by atoms with van der Waals surface area (Å²) in [6.07, 6.45) is 0. The number of likely N-dealkylation sites (N-methyl/N-ethyl adjacent to an activating group) is 1. The Morgan fingerprint density at radius 1 is 0.885 bits per heavy atom. The van der Waals surface area contributed by atoms with Gasteiger partial charge in [-0.25, -0.2) is 13.1 Å². The maximum absolute atomic E-state index is 12.4. The lowest BCUT2D eigenvalue weighted by molar-refractivity contribution is 0.148. The predicted molar refractivity (Wildman–Crippen MR) is 104 cm³/mol. The third-order valence-corrected chi connectivity index (χ3v) is 6.24. The average Bonchev–Trinajstić information content (AvgIpc) is 2.63. The van der Waals surface area contributed by atoms with E-state index >= 15 is 0 Å². The second kappa shape index (κ2) is 8.31. The molecule has 1 saturated heterocycles. The second-order valence-electron chi connectivity index (χ2n) is 7.03. The normalized spacial score (nSPS) is 16.7. The standard InChI is InChI=1S/C20H27N3O2S/c1-17-3-9-20(10-4-17)26(24,25)21-15-18-5-7-19(8-6-18)16-23-13-11-22(2)12-14-23/h3-10,21H,11-16H2,1-2H3. The Hall–Kier alpha value is -1.73. The van der Waals surface area contributed by atoms with Crippen molar-refractivity contribution in [1.29, 1.82) is 0 Å². The number of nitrogens with zero attached hydrogens (tertiary/aromatic N) is 2. The van der Waals surface area contributed by atoms with E-state index in [1.165, 1.54) is 5.56 Å². The predicted octanol–water partition coefficient (Wildman–Crippen LogP) is 2.22. The first-order chi connectivity index (χ1) is 12.4. The first-order valence-electron chi connectivity index (χ1n) is 8.97. The average molecular weight is 374 g/mol. The Labute approximate surface area is 156 Å². The van der Waals surface area contributed by atoms with E-state index in [0.717, 1.165) is 43.9 Å². The van der Waals surface area contributed by atoms with Gasteiger partial charge in [0.1, 0.15) is 0 Å². The van der Waals surface area contributed by atoms with Crippen molar-refractivity contribution < 1.29 is 8.42 Å². The summed E-state index contributed by atoms with van der Waals surface area (Å²) in [6.45, 7) is 7.59. The van der Waals surface area contributed by atoms with Crippen LogP contribution in [0.25, 0.3) is 0 Å². The van der Waals surface area contributed by atoms with Crippen LogP contribution in [0.15, 0.2) is 53.4 Å². The summed E-state index contributed by atoms with van der Waals surface area (Å²) in [7, 11) is -1.32. The van der Waals surface area contributed by atoms with Gasteiger partial charge in [-0.1, -0.05) is 42.0 Å². The number of hydrogen-bond acceptors (Lipinski definition) is 4. The molecule has 2 aromatic rings. The van der Waals surface area contributed by atoms with Gasteiger partial charge in [0.15, 0.2) is 0 Å². The summed E-state index contributed by atoms with van der Waals surface area (Å²) < 4.78 is 27.4. The molecule has 0 aliphatic carbocycles. The molecule has 0 amide bonds. The fourth-order valence-electron chi connectivity index (χ4n) is 3.01. The Morgan fingerprint density at radius 3 is 2.08 bits per heavy atom.